The van der Waals surface area contributed by atoms with Gasteiger partial charge in [0.05, 0.1) is 0 Å². The summed E-state index contributed by atoms with van der Waals surface area (Å²) >= 11 is 0. The fourth-order valence-electron chi connectivity index (χ4n) is 2.61. The third kappa shape index (κ3) is 5.31. The SMILES string of the molecule is CCCCN1CCC[C@@H]1CCCNC(C)C. The van der Waals surface area contributed by atoms with Gasteiger partial charge in [0.2, 0.25) is 0 Å². The first-order chi connectivity index (χ1) is 7.74. The van der Waals surface area contributed by atoms with E-state index in [4.69, 9.17) is 0 Å². The Balaban J connectivity index is 2.09. The number of likely N-dealkylation sites (tertiary alicyclic amines) is 1. The standard InChI is InChI=1S/C14H30N2/c1-4-5-11-16-12-7-9-14(16)8-6-10-15-13(2)3/h13-15H,4-12H2,1-3H3/t14-/m0/s1. The van der Waals surface area contributed by atoms with Gasteiger partial charge in [-0.05, 0) is 51.7 Å². The maximum absolute atomic E-state index is 3.51. The van der Waals surface area contributed by atoms with E-state index < -0.39 is 0 Å². The Bertz CT molecular complexity index is 168. The highest BCUT2D eigenvalue weighted by atomic mass is 15.2. The minimum atomic E-state index is 0.639. The van der Waals surface area contributed by atoms with E-state index in [-0.39, 0.29) is 0 Å². The summed E-state index contributed by atoms with van der Waals surface area (Å²) in [7, 11) is 0. The Morgan fingerprint density at radius 2 is 2.12 bits per heavy atom. The summed E-state index contributed by atoms with van der Waals surface area (Å²) in [5, 5.41) is 3.51. The van der Waals surface area contributed by atoms with Crippen LogP contribution in [0.1, 0.15) is 59.3 Å². The smallest absolute Gasteiger partial charge is 0.00962 e. The molecule has 0 aliphatic carbocycles. The summed E-state index contributed by atoms with van der Waals surface area (Å²) in [5.74, 6) is 0. The lowest BCUT2D eigenvalue weighted by Gasteiger charge is -2.24. The van der Waals surface area contributed by atoms with Crippen LogP contribution in [-0.2, 0) is 0 Å². The van der Waals surface area contributed by atoms with Crippen molar-refractivity contribution in [2.75, 3.05) is 19.6 Å². The molecular weight excluding hydrogens is 196 g/mol. The fraction of sp³-hybridized carbons (Fsp3) is 1.00. The molecule has 1 N–H and O–H groups in total. The van der Waals surface area contributed by atoms with Gasteiger partial charge in [0.1, 0.15) is 0 Å². The second-order valence-electron chi connectivity index (χ2n) is 5.44. The highest BCUT2D eigenvalue weighted by Gasteiger charge is 2.22. The van der Waals surface area contributed by atoms with Crippen LogP contribution in [0.5, 0.6) is 0 Å². The van der Waals surface area contributed by atoms with Crippen LogP contribution in [0.15, 0.2) is 0 Å². The molecule has 2 nitrogen and oxygen atoms in total. The Kier molecular flexibility index (Phi) is 7.06. The minimum absolute atomic E-state index is 0.639. The molecule has 1 atom stereocenters. The van der Waals surface area contributed by atoms with Gasteiger partial charge < -0.3 is 10.2 Å². The lowest BCUT2D eigenvalue weighted by atomic mass is 10.1. The molecule has 2 heteroatoms. The van der Waals surface area contributed by atoms with Crippen molar-refractivity contribution in [2.24, 2.45) is 0 Å². The number of nitrogens with zero attached hydrogens (tertiary/aromatic N) is 1. The molecule has 0 amide bonds. The van der Waals surface area contributed by atoms with Crippen LogP contribution >= 0.6 is 0 Å². The van der Waals surface area contributed by atoms with E-state index in [0.717, 1.165) is 6.04 Å². The third-order valence-corrected chi connectivity index (χ3v) is 3.56. The van der Waals surface area contributed by atoms with E-state index in [2.05, 4.69) is 31.0 Å². The molecule has 0 unspecified atom stereocenters. The molecule has 0 spiro atoms. The molecule has 1 heterocycles. The summed E-state index contributed by atoms with van der Waals surface area (Å²) in [6, 6.07) is 1.53. The normalized spacial score (nSPS) is 22.1. The molecule has 1 rings (SSSR count). The Hall–Kier alpha value is -0.0800. The van der Waals surface area contributed by atoms with Gasteiger partial charge >= 0.3 is 0 Å². The van der Waals surface area contributed by atoms with Gasteiger partial charge in [0, 0.05) is 12.1 Å². The third-order valence-electron chi connectivity index (χ3n) is 3.56. The van der Waals surface area contributed by atoms with Crippen LogP contribution < -0.4 is 5.32 Å². The molecule has 96 valence electrons. The van der Waals surface area contributed by atoms with Crippen molar-refractivity contribution in [1.29, 1.82) is 0 Å². The highest BCUT2D eigenvalue weighted by Crippen LogP contribution is 2.21. The molecule has 0 saturated carbocycles. The summed E-state index contributed by atoms with van der Waals surface area (Å²) in [6.07, 6.45) is 8.30. The van der Waals surface area contributed by atoms with Crippen LogP contribution in [0.25, 0.3) is 0 Å². The lowest BCUT2D eigenvalue weighted by Crippen LogP contribution is -2.31. The maximum Gasteiger partial charge on any atom is 0.00962 e. The average molecular weight is 226 g/mol. The fourth-order valence-corrected chi connectivity index (χ4v) is 2.61. The topological polar surface area (TPSA) is 15.3 Å². The predicted octanol–water partition coefficient (Wildman–Crippen LogP) is 3.03. The van der Waals surface area contributed by atoms with Gasteiger partial charge in [0.15, 0.2) is 0 Å². The van der Waals surface area contributed by atoms with Crippen molar-refractivity contribution in [3.8, 4) is 0 Å². The average Bonchev–Trinajstić information content (AvgIpc) is 2.69. The summed E-state index contributed by atoms with van der Waals surface area (Å²) in [5.41, 5.74) is 0. The van der Waals surface area contributed by atoms with Crippen molar-refractivity contribution < 1.29 is 0 Å². The summed E-state index contributed by atoms with van der Waals surface area (Å²) in [4.78, 5) is 2.72. The zero-order valence-electron chi connectivity index (χ0n) is 11.5. The van der Waals surface area contributed by atoms with Crippen LogP contribution in [-0.4, -0.2) is 36.6 Å². The molecular formula is C14H30N2. The summed E-state index contributed by atoms with van der Waals surface area (Å²) < 4.78 is 0. The van der Waals surface area contributed by atoms with Crippen LogP contribution in [0, 0.1) is 0 Å². The maximum atomic E-state index is 3.51. The molecule has 16 heavy (non-hydrogen) atoms. The van der Waals surface area contributed by atoms with E-state index >= 15 is 0 Å². The molecule has 0 aromatic carbocycles. The Morgan fingerprint density at radius 3 is 2.81 bits per heavy atom. The zero-order chi connectivity index (χ0) is 11.8. The zero-order valence-corrected chi connectivity index (χ0v) is 11.5. The number of rotatable bonds is 8. The largest absolute Gasteiger partial charge is 0.315 e. The van der Waals surface area contributed by atoms with Gasteiger partial charge in [0.25, 0.3) is 0 Å². The highest BCUT2D eigenvalue weighted by molar-refractivity contribution is 4.79. The number of nitrogens with one attached hydrogen (secondary N) is 1. The second-order valence-corrected chi connectivity index (χ2v) is 5.44. The predicted molar refractivity (Wildman–Crippen MR) is 71.9 cm³/mol. The van der Waals surface area contributed by atoms with E-state index in [1.54, 1.807) is 0 Å². The first kappa shape index (κ1) is 14.0. The molecule has 1 saturated heterocycles. The van der Waals surface area contributed by atoms with Crippen LogP contribution in [0.3, 0.4) is 0 Å². The van der Waals surface area contributed by atoms with E-state index in [1.165, 1.54) is 58.2 Å². The monoisotopic (exact) mass is 226 g/mol. The molecule has 1 aliphatic heterocycles. The lowest BCUT2D eigenvalue weighted by molar-refractivity contribution is 0.235. The second kappa shape index (κ2) is 8.08. The van der Waals surface area contributed by atoms with Gasteiger partial charge in [-0.2, -0.15) is 0 Å². The van der Waals surface area contributed by atoms with Crippen molar-refractivity contribution in [2.45, 2.75) is 71.4 Å². The Morgan fingerprint density at radius 1 is 1.31 bits per heavy atom. The minimum Gasteiger partial charge on any atom is -0.315 e. The van der Waals surface area contributed by atoms with Gasteiger partial charge in [-0.25, -0.2) is 0 Å². The summed E-state index contributed by atoms with van der Waals surface area (Å²) in [6.45, 7) is 10.6. The van der Waals surface area contributed by atoms with E-state index in [0.29, 0.717) is 6.04 Å². The van der Waals surface area contributed by atoms with Crippen LogP contribution in [0.2, 0.25) is 0 Å². The first-order valence-corrected chi connectivity index (χ1v) is 7.21. The number of hydrogen-bond donors (Lipinski definition) is 1. The van der Waals surface area contributed by atoms with Gasteiger partial charge in [-0.3, -0.25) is 0 Å². The number of unbranched alkanes of at least 4 members (excludes halogenated alkanes) is 1. The number of hydrogen-bond acceptors (Lipinski definition) is 2. The quantitative estimate of drug-likeness (QED) is 0.640. The molecule has 1 aliphatic rings. The van der Waals surface area contributed by atoms with Crippen LogP contribution in [0.4, 0.5) is 0 Å². The molecule has 0 aromatic rings. The van der Waals surface area contributed by atoms with Crippen molar-refractivity contribution >= 4 is 0 Å². The molecule has 0 aromatic heterocycles. The van der Waals surface area contributed by atoms with Gasteiger partial charge in [-0.15, -0.1) is 0 Å². The van der Waals surface area contributed by atoms with Crippen molar-refractivity contribution in [1.82, 2.24) is 10.2 Å². The van der Waals surface area contributed by atoms with Crippen molar-refractivity contribution in [3.63, 3.8) is 0 Å². The molecule has 0 radical (unpaired) electrons. The first-order valence-electron chi connectivity index (χ1n) is 7.21. The van der Waals surface area contributed by atoms with Crippen molar-refractivity contribution in [3.05, 3.63) is 0 Å². The van der Waals surface area contributed by atoms with E-state index in [1.807, 2.05) is 0 Å². The molecule has 0 bridgehead atoms. The van der Waals surface area contributed by atoms with Gasteiger partial charge in [-0.1, -0.05) is 27.2 Å². The Labute approximate surface area is 102 Å². The molecule has 1 fully saturated rings. The van der Waals surface area contributed by atoms with E-state index in [9.17, 15) is 0 Å².